The fourth-order valence-corrected chi connectivity index (χ4v) is 5.89. The van der Waals surface area contributed by atoms with Crippen LogP contribution in [0.3, 0.4) is 0 Å². The lowest BCUT2D eigenvalue weighted by Crippen LogP contribution is -2.43. The van der Waals surface area contributed by atoms with Crippen molar-refractivity contribution in [3.05, 3.63) is 59.2 Å². The molecule has 0 bridgehead atoms. The molecule has 0 radical (unpaired) electrons. The highest BCUT2D eigenvalue weighted by Crippen LogP contribution is 2.29. The van der Waals surface area contributed by atoms with Gasteiger partial charge in [0.2, 0.25) is 15.9 Å². The van der Waals surface area contributed by atoms with Gasteiger partial charge in [0.1, 0.15) is 0 Å². The molecule has 0 spiro atoms. The van der Waals surface area contributed by atoms with Gasteiger partial charge in [0.05, 0.1) is 10.8 Å². The Hall–Kier alpha value is -2.18. The maximum Gasteiger partial charge on any atom is 0.243 e. The highest BCUT2D eigenvalue weighted by molar-refractivity contribution is 7.89. The fraction of sp³-hybridized carbons (Fsp3) is 0.435. The Morgan fingerprint density at radius 2 is 1.79 bits per heavy atom. The Kier molecular flexibility index (Phi) is 5.74. The summed E-state index contributed by atoms with van der Waals surface area (Å²) in [6.45, 7) is 2.62. The summed E-state index contributed by atoms with van der Waals surface area (Å²) in [5.41, 5.74) is 4.48. The number of piperidine rings is 1. The summed E-state index contributed by atoms with van der Waals surface area (Å²) < 4.78 is 27.5. The van der Waals surface area contributed by atoms with Gasteiger partial charge in [0, 0.05) is 18.8 Å². The maximum atomic E-state index is 13.0. The highest BCUT2D eigenvalue weighted by atomic mass is 32.2. The third-order valence-corrected chi connectivity index (χ3v) is 7.95. The number of aryl methyl sites for hydroxylation is 2. The smallest absolute Gasteiger partial charge is 0.243 e. The van der Waals surface area contributed by atoms with Crippen LogP contribution in [0.2, 0.25) is 0 Å². The minimum Gasteiger partial charge on any atom is -0.326 e. The number of sulfonamides is 1. The second-order valence-corrected chi connectivity index (χ2v) is 10.1. The molecule has 6 heteroatoms. The quantitative estimate of drug-likeness (QED) is 0.828. The van der Waals surface area contributed by atoms with Gasteiger partial charge in [-0.25, -0.2) is 8.42 Å². The molecular formula is C23H28N2O3S. The number of carbonyl (C=O) groups excluding carboxylic acids is 1. The number of carbonyl (C=O) groups is 1. The van der Waals surface area contributed by atoms with E-state index in [0.29, 0.717) is 24.3 Å². The van der Waals surface area contributed by atoms with Crippen LogP contribution < -0.4 is 5.32 Å². The lowest BCUT2D eigenvalue weighted by molar-refractivity contribution is -0.120. The van der Waals surface area contributed by atoms with Gasteiger partial charge in [0.15, 0.2) is 0 Å². The van der Waals surface area contributed by atoms with E-state index in [1.165, 1.54) is 21.9 Å². The number of rotatable bonds is 4. The van der Waals surface area contributed by atoms with Crippen LogP contribution in [-0.4, -0.2) is 31.7 Å². The van der Waals surface area contributed by atoms with E-state index < -0.39 is 10.0 Å². The first-order chi connectivity index (χ1) is 13.9. The summed E-state index contributed by atoms with van der Waals surface area (Å²) in [6, 6.07) is 13.0. The summed E-state index contributed by atoms with van der Waals surface area (Å²) in [6.07, 6.45) is 5.79. The molecule has 1 aliphatic carbocycles. The molecule has 1 atom stereocenters. The highest BCUT2D eigenvalue weighted by Gasteiger charge is 2.33. The minimum absolute atomic E-state index is 0.0761. The number of nitrogens with one attached hydrogen (secondary N) is 1. The normalized spacial score (nSPS) is 20.1. The van der Waals surface area contributed by atoms with E-state index in [0.717, 1.165) is 30.5 Å². The Bertz CT molecular complexity index is 999. The van der Waals surface area contributed by atoms with Crippen molar-refractivity contribution in [2.24, 2.45) is 5.92 Å². The standard InChI is InChI=1S/C23H28N2O3S/c1-17-11-13-20(14-12-17)29(27,28)25-15-5-8-19(16-25)23(26)24-22-10-4-7-18-6-2-3-9-21(18)22/h4,7,10-14,19H,2-3,5-6,8-9,15-16H2,1H3,(H,24,26)/t19-/m0/s1. The van der Waals surface area contributed by atoms with E-state index in [-0.39, 0.29) is 18.4 Å². The first-order valence-electron chi connectivity index (χ1n) is 10.4. The molecule has 1 aliphatic heterocycles. The van der Waals surface area contributed by atoms with Crippen LogP contribution in [-0.2, 0) is 27.7 Å². The molecule has 154 valence electrons. The molecule has 1 N–H and O–H groups in total. The largest absolute Gasteiger partial charge is 0.326 e. The predicted molar refractivity (Wildman–Crippen MR) is 114 cm³/mol. The molecule has 29 heavy (non-hydrogen) atoms. The zero-order valence-corrected chi connectivity index (χ0v) is 17.7. The van der Waals surface area contributed by atoms with Crippen molar-refractivity contribution in [2.75, 3.05) is 18.4 Å². The van der Waals surface area contributed by atoms with Crippen molar-refractivity contribution in [1.29, 1.82) is 0 Å². The second kappa shape index (κ2) is 8.28. The Morgan fingerprint density at radius 1 is 1.03 bits per heavy atom. The molecule has 0 aromatic heterocycles. The molecule has 1 amide bonds. The van der Waals surface area contributed by atoms with Crippen LogP contribution in [0.15, 0.2) is 47.4 Å². The summed E-state index contributed by atoms with van der Waals surface area (Å²) in [4.78, 5) is 13.3. The monoisotopic (exact) mass is 412 g/mol. The number of fused-ring (bicyclic) bond motifs is 1. The van der Waals surface area contributed by atoms with Crippen molar-refractivity contribution < 1.29 is 13.2 Å². The van der Waals surface area contributed by atoms with Gasteiger partial charge >= 0.3 is 0 Å². The van der Waals surface area contributed by atoms with Crippen molar-refractivity contribution in [3.8, 4) is 0 Å². The molecule has 5 nitrogen and oxygen atoms in total. The fourth-order valence-electron chi connectivity index (χ4n) is 4.37. The second-order valence-electron chi connectivity index (χ2n) is 8.15. The zero-order valence-electron chi connectivity index (χ0n) is 16.9. The van der Waals surface area contributed by atoms with Crippen LogP contribution in [0.25, 0.3) is 0 Å². The molecule has 2 aliphatic rings. The van der Waals surface area contributed by atoms with Gasteiger partial charge in [-0.1, -0.05) is 29.8 Å². The average Bonchev–Trinajstić information content (AvgIpc) is 2.74. The number of hydrogen-bond donors (Lipinski definition) is 1. The van der Waals surface area contributed by atoms with E-state index in [2.05, 4.69) is 11.4 Å². The molecular weight excluding hydrogens is 384 g/mol. The maximum absolute atomic E-state index is 13.0. The molecule has 1 saturated heterocycles. The van der Waals surface area contributed by atoms with Crippen LogP contribution in [0.1, 0.15) is 42.4 Å². The number of benzene rings is 2. The number of hydrogen-bond acceptors (Lipinski definition) is 3. The van der Waals surface area contributed by atoms with Gasteiger partial charge in [-0.3, -0.25) is 4.79 Å². The summed E-state index contributed by atoms with van der Waals surface area (Å²) >= 11 is 0. The van der Waals surface area contributed by atoms with Crippen LogP contribution in [0.4, 0.5) is 5.69 Å². The lowest BCUT2D eigenvalue weighted by atomic mass is 9.90. The summed E-state index contributed by atoms with van der Waals surface area (Å²) in [7, 11) is -3.58. The van der Waals surface area contributed by atoms with Crippen LogP contribution >= 0.6 is 0 Å². The Morgan fingerprint density at radius 3 is 2.59 bits per heavy atom. The molecule has 2 aromatic carbocycles. The average molecular weight is 413 g/mol. The van der Waals surface area contributed by atoms with Gasteiger partial charge in [-0.05, 0) is 74.8 Å². The third kappa shape index (κ3) is 4.23. The Labute approximate surface area is 173 Å². The van der Waals surface area contributed by atoms with E-state index in [1.54, 1.807) is 24.3 Å². The SMILES string of the molecule is Cc1ccc(S(=O)(=O)N2CCC[C@H](C(=O)Nc3cccc4c3CCCC4)C2)cc1. The van der Waals surface area contributed by atoms with Crippen molar-refractivity contribution >= 4 is 21.6 Å². The lowest BCUT2D eigenvalue weighted by Gasteiger charge is -2.31. The molecule has 2 aromatic rings. The van der Waals surface area contributed by atoms with E-state index in [9.17, 15) is 13.2 Å². The molecule has 4 rings (SSSR count). The number of nitrogens with zero attached hydrogens (tertiary/aromatic N) is 1. The third-order valence-electron chi connectivity index (χ3n) is 6.07. The minimum atomic E-state index is -3.58. The summed E-state index contributed by atoms with van der Waals surface area (Å²) in [5, 5.41) is 3.10. The molecule has 1 fully saturated rings. The number of anilines is 1. The van der Waals surface area contributed by atoms with Gasteiger partial charge in [-0.2, -0.15) is 4.31 Å². The zero-order chi connectivity index (χ0) is 20.4. The first-order valence-corrected chi connectivity index (χ1v) is 11.9. The predicted octanol–water partition coefficient (Wildman–Crippen LogP) is 3.91. The van der Waals surface area contributed by atoms with Crippen molar-refractivity contribution in [1.82, 2.24) is 4.31 Å². The van der Waals surface area contributed by atoms with Crippen molar-refractivity contribution in [2.45, 2.75) is 50.3 Å². The van der Waals surface area contributed by atoms with E-state index in [1.807, 2.05) is 19.1 Å². The Balaban J connectivity index is 1.48. The van der Waals surface area contributed by atoms with Crippen LogP contribution in [0.5, 0.6) is 0 Å². The van der Waals surface area contributed by atoms with Crippen molar-refractivity contribution in [3.63, 3.8) is 0 Å². The first kappa shape index (κ1) is 20.1. The molecule has 0 unspecified atom stereocenters. The van der Waals surface area contributed by atoms with E-state index >= 15 is 0 Å². The molecule has 0 saturated carbocycles. The topological polar surface area (TPSA) is 66.5 Å². The van der Waals surface area contributed by atoms with Gasteiger partial charge < -0.3 is 5.32 Å². The summed E-state index contributed by atoms with van der Waals surface area (Å²) in [5.74, 6) is -0.406. The number of amides is 1. The van der Waals surface area contributed by atoms with Gasteiger partial charge in [0.25, 0.3) is 0 Å². The van der Waals surface area contributed by atoms with Gasteiger partial charge in [-0.15, -0.1) is 0 Å². The molecule has 1 heterocycles. The van der Waals surface area contributed by atoms with E-state index in [4.69, 9.17) is 0 Å². The van der Waals surface area contributed by atoms with Crippen LogP contribution in [0, 0.1) is 12.8 Å².